The van der Waals surface area contributed by atoms with Crippen molar-refractivity contribution in [2.24, 2.45) is 0 Å². The standard InChI is InChI=1S/C33H67IO11/c1-2-3-4-6-9-12-35-14-16-37-18-20-39-22-24-41-26-28-43-30-32-45-33-31-44-29-27-42-25-23-40-21-19-38-17-15-36-13-10-7-5-8-11-34/h2-33H2,1H3. The van der Waals surface area contributed by atoms with E-state index in [9.17, 15) is 0 Å². The highest BCUT2D eigenvalue weighted by atomic mass is 127. The van der Waals surface area contributed by atoms with Gasteiger partial charge in [-0.15, -0.1) is 0 Å². The monoisotopic (exact) mass is 766 g/mol. The Kier molecular flexibility index (Phi) is 44.6. The van der Waals surface area contributed by atoms with E-state index in [1.54, 1.807) is 0 Å². The molecular formula is C33H67IO11. The molecule has 0 fully saturated rings. The van der Waals surface area contributed by atoms with Crippen LogP contribution in [-0.4, -0.2) is 150 Å². The molecule has 12 heteroatoms. The highest BCUT2D eigenvalue weighted by molar-refractivity contribution is 14.1. The Bertz CT molecular complexity index is 467. The third-order valence-corrected chi connectivity index (χ3v) is 7.05. The topological polar surface area (TPSA) is 102 Å². The summed E-state index contributed by atoms with van der Waals surface area (Å²) in [5, 5.41) is 0. The van der Waals surface area contributed by atoms with Crippen molar-refractivity contribution in [3.8, 4) is 0 Å². The largest absolute Gasteiger partial charge is 0.379 e. The first-order chi connectivity index (χ1) is 22.4. The first-order valence-corrected chi connectivity index (χ1v) is 18.9. The number of halogens is 1. The molecule has 0 aromatic carbocycles. The summed E-state index contributed by atoms with van der Waals surface area (Å²) in [7, 11) is 0. The lowest BCUT2D eigenvalue weighted by Gasteiger charge is -2.09. The van der Waals surface area contributed by atoms with E-state index in [0.29, 0.717) is 132 Å². The molecule has 0 aliphatic rings. The maximum absolute atomic E-state index is 5.56. The molecule has 45 heavy (non-hydrogen) atoms. The van der Waals surface area contributed by atoms with Gasteiger partial charge in [0.05, 0.1) is 132 Å². The number of hydrogen-bond donors (Lipinski definition) is 0. The zero-order valence-corrected chi connectivity index (χ0v) is 30.7. The molecule has 0 aromatic heterocycles. The third kappa shape index (κ3) is 44.3. The average Bonchev–Trinajstić information content (AvgIpc) is 3.05. The SMILES string of the molecule is CCCCCCCOCCOCCOCCOCCOCCOCCOCCOCCOCCOCCOCCCCCCI. The molecule has 0 amide bonds. The van der Waals surface area contributed by atoms with Gasteiger partial charge < -0.3 is 52.1 Å². The van der Waals surface area contributed by atoms with E-state index in [2.05, 4.69) is 29.5 Å². The molecule has 0 heterocycles. The summed E-state index contributed by atoms with van der Waals surface area (Å²) in [5.41, 5.74) is 0. The van der Waals surface area contributed by atoms with Crippen LogP contribution in [0.15, 0.2) is 0 Å². The summed E-state index contributed by atoms with van der Waals surface area (Å²) >= 11 is 2.42. The van der Waals surface area contributed by atoms with Gasteiger partial charge in [-0.05, 0) is 23.7 Å². The van der Waals surface area contributed by atoms with E-state index in [4.69, 9.17) is 52.1 Å². The molecule has 0 saturated carbocycles. The van der Waals surface area contributed by atoms with Crippen molar-refractivity contribution in [2.45, 2.75) is 64.7 Å². The van der Waals surface area contributed by atoms with E-state index in [-0.39, 0.29) is 0 Å². The highest BCUT2D eigenvalue weighted by Crippen LogP contribution is 2.03. The van der Waals surface area contributed by atoms with Crippen molar-refractivity contribution in [3.05, 3.63) is 0 Å². The average molecular weight is 767 g/mol. The van der Waals surface area contributed by atoms with Crippen molar-refractivity contribution >= 4 is 22.6 Å². The Morgan fingerprint density at radius 1 is 0.244 bits per heavy atom. The maximum atomic E-state index is 5.56. The quantitative estimate of drug-likeness (QED) is 0.0470. The number of hydrogen-bond acceptors (Lipinski definition) is 11. The Hall–Kier alpha value is 0.290. The van der Waals surface area contributed by atoms with Crippen LogP contribution in [0.5, 0.6) is 0 Å². The molecule has 0 saturated heterocycles. The summed E-state index contributed by atoms with van der Waals surface area (Å²) in [6, 6.07) is 0. The zero-order chi connectivity index (χ0) is 32.4. The van der Waals surface area contributed by atoms with Crippen LogP contribution in [0.4, 0.5) is 0 Å². The molecule has 0 N–H and O–H groups in total. The summed E-state index contributed by atoms with van der Waals surface area (Å²) in [5.74, 6) is 0. The first kappa shape index (κ1) is 45.3. The van der Waals surface area contributed by atoms with Gasteiger partial charge in [0.25, 0.3) is 0 Å². The van der Waals surface area contributed by atoms with Crippen LogP contribution in [0.1, 0.15) is 64.7 Å². The number of ether oxygens (including phenoxy) is 11. The molecule has 0 atom stereocenters. The summed E-state index contributed by atoms with van der Waals surface area (Å²) in [6.45, 7) is 15.1. The number of rotatable bonds is 42. The van der Waals surface area contributed by atoms with Crippen molar-refractivity contribution in [1.82, 2.24) is 0 Å². The predicted octanol–water partition coefficient (Wildman–Crippen LogP) is 5.13. The first-order valence-electron chi connectivity index (χ1n) is 17.3. The van der Waals surface area contributed by atoms with Crippen molar-refractivity contribution < 1.29 is 52.1 Å². The molecule has 0 bridgehead atoms. The molecular weight excluding hydrogens is 699 g/mol. The maximum Gasteiger partial charge on any atom is 0.0701 e. The summed E-state index contributed by atoms with van der Waals surface area (Å²) in [4.78, 5) is 0. The Balaban J connectivity index is 3.03. The minimum absolute atomic E-state index is 0.528. The van der Waals surface area contributed by atoms with Gasteiger partial charge in [0.1, 0.15) is 0 Å². The lowest BCUT2D eigenvalue weighted by atomic mass is 10.2. The fourth-order valence-electron chi connectivity index (χ4n) is 3.76. The molecule has 0 rings (SSSR count). The van der Waals surface area contributed by atoms with Crippen molar-refractivity contribution in [1.29, 1.82) is 0 Å². The van der Waals surface area contributed by atoms with Crippen LogP contribution in [-0.2, 0) is 52.1 Å². The van der Waals surface area contributed by atoms with Gasteiger partial charge >= 0.3 is 0 Å². The normalized spacial score (nSPS) is 11.6. The Morgan fingerprint density at radius 3 is 0.667 bits per heavy atom. The Morgan fingerprint density at radius 2 is 0.444 bits per heavy atom. The minimum Gasteiger partial charge on any atom is -0.379 e. The van der Waals surface area contributed by atoms with E-state index >= 15 is 0 Å². The molecule has 272 valence electrons. The van der Waals surface area contributed by atoms with Gasteiger partial charge in [-0.25, -0.2) is 0 Å². The lowest BCUT2D eigenvalue weighted by molar-refractivity contribution is -0.0275. The van der Waals surface area contributed by atoms with Gasteiger partial charge in [-0.2, -0.15) is 0 Å². The van der Waals surface area contributed by atoms with Gasteiger partial charge in [-0.1, -0.05) is 68.0 Å². The van der Waals surface area contributed by atoms with Crippen LogP contribution in [0.3, 0.4) is 0 Å². The van der Waals surface area contributed by atoms with Crippen molar-refractivity contribution in [3.63, 3.8) is 0 Å². The van der Waals surface area contributed by atoms with Crippen LogP contribution in [0.25, 0.3) is 0 Å². The van der Waals surface area contributed by atoms with Crippen LogP contribution < -0.4 is 0 Å². The van der Waals surface area contributed by atoms with Crippen LogP contribution in [0, 0.1) is 0 Å². The van der Waals surface area contributed by atoms with E-state index in [1.807, 2.05) is 0 Å². The van der Waals surface area contributed by atoms with Gasteiger partial charge in [0.15, 0.2) is 0 Å². The predicted molar refractivity (Wildman–Crippen MR) is 185 cm³/mol. The molecule has 0 aliphatic carbocycles. The Labute approximate surface area is 288 Å². The fraction of sp³-hybridized carbons (Fsp3) is 1.00. The molecule has 0 aromatic rings. The number of unbranched alkanes of at least 4 members (excludes halogenated alkanes) is 7. The highest BCUT2D eigenvalue weighted by Gasteiger charge is 1.97. The third-order valence-electron chi connectivity index (χ3n) is 6.28. The lowest BCUT2D eigenvalue weighted by Crippen LogP contribution is -2.15. The molecule has 0 aliphatic heterocycles. The van der Waals surface area contributed by atoms with E-state index in [1.165, 1.54) is 49.4 Å². The van der Waals surface area contributed by atoms with Gasteiger partial charge in [0.2, 0.25) is 0 Å². The van der Waals surface area contributed by atoms with Crippen LogP contribution >= 0.6 is 22.6 Å². The van der Waals surface area contributed by atoms with Crippen LogP contribution in [0.2, 0.25) is 0 Å². The molecule has 11 nitrogen and oxygen atoms in total. The number of alkyl halides is 1. The van der Waals surface area contributed by atoms with E-state index < -0.39 is 0 Å². The second-order valence-electron chi connectivity index (χ2n) is 10.3. The molecule has 0 unspecified atom stereocenters. The van der Waals surface area contributed by atoms with Gasteiger partial charge in [0, 0.05) is 13.2 Å². The van der Waals surface area contributed by atoms with Crippen molar-refractivity contribution in [2.75, 3.05) is 150 Å². The fourth-order valence-corrected chi connectivity index (χ4v) is 4.30. The van der Waals surface area contributed by atoms with Gasteiger partial charge in [-0.3, -0.25) is 0 Å². The zero-order valence-electron chi connectivity index (χ0n) is 28.5. The minimum atomic E-state index is 0.528. The smallest absolute Gasteiger partial charge is 0.0701 e. The molecule has 0 radical (unpaired) electrons. The second-order valence-corrected chi connectivity index (χ2v) is 11.3. The molecule has 0 spiro atoms. The van der Waals surface area contributed by atoms with E-state index in [0.717, 1.165) is 26.1 Å². The second kappa shape index (κ2) is 44.3. The summed E-state index contributed by atoms with van der Waals surface area (Å²) in [6.07, 6.45) is 11.3. The summed E-state index contributed by atoms with van der Waals surface area (Å²) < 4.78 is 61.8.